The van der Waals surface area contributed by atoms with Crippen molar-refractivity contribution < 1.29 is 22.8 Å². The Balaban J connectivity index is 1.79. The molecule has 3 rings (SSSR count). The molecule has 1 saturated heterocycles. The zero-order chi connectivity index (χ0) is 18.2. The molecule has 2 aromatic rings. The average molecular weight is 347 g/mol. The molecule has 0 radical (unpaired) electrons. The molecule has 0 unspecified atom stereocenters. The fourth-order valence-electron chi connectivity index (χ4n) is 2.45. The van der Waals surface area contributed by atoms with Crippen LogP contribution in [0.5, 0.6) is 5.75 Å². The van der Waals surface area contributed by atoms with Crippen LogP contribution in [0, 0.1) is 11.6 Å². The van der Waals surface area contributed by atoms with Crippen LogP contribution in [0.2, 0.25) is 0 Å². The molecular weight excluding hydrogens is 327 g/mol. The largest absolute Gasteiger partial charge is 0.497 e. The molecule has 0 aliphatic carbocycles. The van der Waals surface area contributed by atoms with Crippen molar-refractivity contribution in [2.45, 2.75) is 45.5 Å². The minimum Gasteiger partial charge on any atom is -0.486 e. The van der Waals surface area contributed by atoms with Gasteiger partial charge in [-0.25, -0.2) is 4.39 Å². The number of rotatable bonds is 4. The second-order valence-electron chi connectivity index (χ2n) is 7.02. The predicted molar refractivity (Wildman–Crippen MR) is 90.6 cm³/mol. The minimum absolute atomic E-state index is 0.0184. The summed E-state index contributed by atoms with van der Waals surface area (Å²) >= 11 is 0. The van der Waals surface area contributed by atoms with E-state index in [0.29, 0.717) is 0 Å². The molecule has 0 atom stereocenters. The third-order valence-electron chi connectivity index (χ3n) is 4.70. The molecule has 0 amide bonds. The van der Waals surface area contributed by atoms with E-state index in [1.807, 2.05) is 27.7 Å². The van der Waals surface area contributed by atoms with E-state index in [1.165, 1.54) is 12.1 Å². The van der Waals surface area contributed by atoms with Crippen molar-refractivity contribution in [1.82, 2.24) is 4.98 Å². The number of pyridine rings is 1. The van der Waals surface area contributed by atoms with E-state index in [1.54, 1.807) is 24.5 Å². The Morgan fingerprint density at radius 1 is 1.04 bits per heavy atom. The van der Waals surface area contributed by atoms with Gasteiger partial charge in [0.1, 0.15) is 6.61 Å². The van der Waals surface area contributed by atoms with Gasteiger partial charge in [0.05, 0.1) is 11.2 Å². The summed E-state index contributed by atoms with van der Waals surface area (Å²) in [6, 6.07) is 6.35. The van der Waals surface area contributed by atoms with Crippen molar-refractivity contribution in [3.05, 3.63) is 53.9 Å². The van der Waals surface area contributed by atoms with Gasteiger partial charge in [-0.15, -0.1) is 0 Å². The first-order valence-electron chi connectivity index (χ1n) is 8.06. The lowest BCUT2D eigenvalue weighted by Crippen LogP contribution is -2.41. The first-order chi connectivity index (χ1) is 11.7. The molecule has 1 fully saturated rings. The highest BCUT2D eigenvalue weighted by Gasteiger charge is 2.52. The molecule has 0 N–H and O–H groups in total. The summed E-state index contributed by atoms with van der Waals surface area (Å²) in [5.41, 5.74) is -0.478. The fraction of sp³-hybridized carbons (Fsp3) is 0.389. The lowest BCUT2D eigenvalue weighted by Gasteiger charge is -2.32. The number of aromatic nitrogens is 1. The second-order valence-corrected chi connectivity index (χ2v) is 7.02. The van der Waals surface area contributed by atoms with E-state index >= 15 is 0 Å². The lowest BCUT2D eigenvalue weighted by atomic mass is 9.78. The first kappa shape index (κ1) is 17.8. The molecule has 4 nitrogen and oxygen atoms in total. The van der Waals surface area contributed by atoms with Gasteiger partial charge in [0.15, 0.2) is 17.4 Å². The maximum atomic E-state index is 14.5. The quantitative estimate of drug-likeness (QED) is 0.797. The van der Waals surface area contributed by atoms with Crippen molar-refractivity contribution >= 4 is 12.6 Å². The van der Waals surface area contributed by atoms with Crippen LogP contribution in [0.1, 0.15) is 33.3 Å². The van der Waals surface area contributed by atoms with Gasteiger partial charge < -0.3 is 14.0 Å². The molecule has 25 heavy (non-hydrogen) atoms. The van der Waals surface area contributed by atoms with E-state index < -0.39 is 30.0 Å². The molecule has 1 aromatic carbocycles. The summed E-state index contributed by atoms with van der Waals surface area (Å²) in [6.07, 6.45) is 3.23. The second kappa shape index (κ2) is 6.39. The molecule has 1 aliphatic rings. The van der Waals surface area contributed by atoms with Crippen LogP contribution in [0.25, 0.3) is 0 Å². The van der Waals surface area contributed by atoms with Crippen LogP contribution in [0.3, 0.4) is 0 Å². The fourth-order valence-corrected chi connectivity index (χ4v) is 2.45. The highest BCUT2D eigenvalue weighted by Crippen LogP contribution is 2.37. The maximum absolute atomic E-state index is 14.5. The first-order valence-corrected chi connectivity index (χ1v) is 8.06. The zero-order valence-corrected chi connectivity index (χ0v) is 14.7. The van der Waals surface area contributed by atoms with Gasteiger partial charge in [0.25, 0.3) is 0 Å². The number of nitrogens with zero attached hydrogens (tertiary/aromatic N) is 1. The van der Waals surface area contributed by atoms with Crippen LogP contribution in [0.4, 0.5) is 8.78 Å². The summed E-state index contributed by atoms with van der Waals surface area (Å²) in [6.45, 7) is 7.51. The Kier molecular flexibility index (Phi) is 4.55. The van der Waals surface area contributed by atoms with E-state index in [-0.39, 0.29) is 17.8 Å². The predicted octanol–water partition coefficient (Wildman–Crippen LogP) is 3.24. The Bertz CT molecular complexity index is 752. The maximum Gasteiger partial charge on any atom is 0.497 e. The number of hydrogen-bond donors (Lipinski definition) is 0. The van der Waals surface area contributed by atoms with Gasteiger partial charge >= 0.3 is 7.12 Å². The average Bonchev–Trinajstić information content (AvgIpc) is 2.77. The number of hydrogen-bond acceptors (Lipinski definition) is 4. The monoisotopic (exact) mass is 347 g/mol. The SMILES string of the molecule is CC1(C)OB(c2ccc(OCc3cccnc3)c(F)c2F)OC1(C)C. The van der Waals surface area contributed by atoms with Crippen LogP contribution >= 0.6 is 0 Å². The molecule has 0 saturated carbocycles. The van der Waals surface area contributed by atoms with Crippen LogP contribution < -0.4 is 10.2 Å². The van der Waals surface area contributed by atoms with Crippen LogP contribution in [-0.2, 0) is 15.9 Å². The molecule has 132 valence electrons. The van der Waals surface area contributed by atoms with Crippen molar-refractivity contribution in [2.24, 2.45) is 0 Å². The summed E-state index contributed by atoms with van der Waals surface area (Å²) in [7, 11) is -0.966. The van der Waals surface area contributed by atoms with E-state index in [4.69, 9.17) is 14.0 Å². The van der Waals surface area contributed by atoms with Gasteiger partial charge in [-0.05, 0) is 39.8 Å². The van der Waals surface area contributed by atoms with Gasteiger partial charge in [-0.3, -0.25) is 4.98 Å². The molecule has 1 aliphatic heterocycles. The van der Waals surface area contributed by atoms with Crippen molar-refractivity contribution in [3.63, 3.8) is 0 Å². The summed E-state index contributed by atoms with van der Waals surface area (Å²) in [5.74, 6) is -2.25. The molecule has 1 aromatic heterocycles. The Morgan fingerprint density at radius 3 is 2.32 bits per heavy atom. The molecule has 7 heteroatoms. The summed E-state index contributed by atoms with van der Waals surface area (Å²) in [4.78, 5) is 3.95. The Morgan fingerprint density at radius 2 is 1.72 bits per heavy atom. The third-order valence-corrected chi connectivity index (χ3v) is 4.70. The van der Waals surface area contributed by atoms with Gasteiger partial charge in [0.2, 0.25) is 0 Å². The number of ether oxygens (including phenoxy) is 1. The van der Waals surface area contributed by atoms with Crippen LogP contribution in [0.15, 0.2) is 36.7 Å². The van der Waals surface area contributed by atoms with E-state index in [0.717, 1.165) is 5.56 Å². The van der Waals surface area contributed by atoms with Crippen molar-refractivity contribution in [1.29, 1.82) is 0 Å². The van der Waals surface area contributed by atoms with Gasteiger partial charge in [-0.2, -0.15) is 4.39 Å². The van der Waals surface area contributed by atoms with Crippen molar-refractivity contribution in [2.75, 3.05) is 0 Å². The topological polar surface area (TPSA) is 40.6 Å². The van der Waals surface area contributed by atoms with Gasteiger partial charge in [0, 0.05) is 23.4 Å². The molecule has 0 spiro atoms. The Hall–Kier alpha value is -1.99. The summed E-state index contributed by atoms with van der Waals surface area (Å²) < 4.78 is 45.8. The van der Waals surface area contributed by atoms with E-state index in [2.05, 4.69) is 4.98 Å². The lowest BCUT2D eigenvalue weighted by molar-refractivity contribution is 0.00578. The van der Waals surface area contributed by atoms with Crippen LogP contribution in [-0.4, -0.2) is 23.3 Å². The molecular formula is C18H20BF2NO3. The highest BCUT2D eigenvalue weighted by molar-refractivity contribution is 6.62. The van der Waals surface area contributed by atoms with Crippen molar-refractivity contribution in [3.8, 4) is 5.75 Å². The number of halogens is 2. The molecule has 0 bridgehead atoms. The zero-order valence-electron chi connectivity index (χ0n) is 14.7. The Labute approximate surface area is 146 Å². The highest BCUT2D eigenvalue weighted by atomic mass is 19.2. The normalized spacial score (nSPS) is 18.4. The van der Waals surface area contributed by atoms with E-state index in [9.17, 15) is 8.78 Å². The van der Waals surface area contributed by atoms with Gasteiger partial charge in [-0.1, -0.05) is 12.1 Å². The smallest absolute Gasteiger partial charge is 0.486 e. The number of benzene rings is 1. The summed E-state index contributed by atoms with van der Waals surface area (Å²) in [5, 5.41) is 0. The molecule has 2 heterocycles. The third kappa shape index (κ3) is 3.39. The standard InChI is InChI=1S/C18H20BF2NO3/c1-17(2)18(3,4)25-19(24-17)13-7-8-14(16(21)15(13)20)23-11-12-6-5-9-22-10-12/h5-10H,11H2,1-4H3. The minimum atomic E-state index is -1.06.